The number of carbonyl (C=O) groups is 1. The molecular weight excluding hydrogens is 404 g/mol. The molecule has 0 spiro atoms. The molecule has 3 aliphatic rings. The number of benzene rings is 1. The van der Waals surface area contributed by atoms with Gasteiger partial charge in [0.05, 0.1) is 0 Å². The largest absolute Gasteiger partial charge is 0.336 e. The third-order valence-corrected chi connectivity index (χ3v) is 8.41. The van der Waals surface area contributed by atoms with Gasteiger partial charge in [-0.1, -0.05) is 30.3 Å². The summed E-state index contributed by atoms with van der Waals surface area (Å²) in [6.45, 7) is 4.08. The second-order valence-corrected chi connectivity index (χ2v) is 10.6. The molecule has 0 saturated carbocycles. The van der Waals surface area contributed by atoms with E-state index in [0.717, 1.165) is 49.0 Å². The van der Waals surface area contributed by atoms with Crippen LogP contribution in [0.4, 0.5) is 0 Å². The molecule has 0 N–H and O–H groups in total. The molecule has 5 nitrogen and oxygen atoms in total. The number of fused-ring (bicyclic) bond motifs is 1. The Hall–Kier alpha value is -1.79. The molecular formula is C25H34N4OS. The predicted molar refractivity (Wildman–Crippen MR) is 127 cm³/mol. The van der Waals surface area contributed by atoms with Crippen LogP contribution in [-0.2, 0) is 26.3 Å². The molecule has 166 valence electrons. The van der Waals surface area contributed by atoms with Crippen molar-refractivity contribution >= 4 is 17.7 Å². The molecule has 31 heavy (non-hydrogen) atoms. The van der Waals surface area contributed by atoms with Crippen LogP contribution in [0, 0.1) is 5.92 Å². The lowest BCUT2D eigenvalue weighted by Crippen LogP contribution is -2.45. The summed E-state index contributed by atoms with van der Waals surface area (Å²) in [6.07, 6.45) is 6.97. The van der Waals surface area contributed by atoms with Crippen LogP contribution < -0.4 is 0 Å². The number of likely N-dealkylation sites (tertiary alicyclic amines) is 1. The van der Waals surface area contributed by atoms with E-state index >= 15 is 0 Å². The van der Waals surface area contributed by atoms with Gasteiger partial charge < -0.3 is 9.80 Å². The highest BCUT2D eigenvalue weighted by Gasteiger charge is 2.34. The average molecular weight is 439 g/mol. The Bertz CT molecular complexity index is 898. The van der Waals surface area contributed by atoms with Crippen LogP contribution in [0.3, 0.4) is 0 Å². The Labute approximate surface area is 190 Å². The van der Waals surface area contributed by atoms with Crippen molar-refractivity contribution in [2.24, 2.45) is 13.0 Å². The highest BCUT2D eigenvalue weighted by Crippen LogP contribution is 2.31. The van der Waals surface area contributed by atoms with Crippen LogP contribution in [0.5, 0.6) is 0 Å². The minimum absolute atomic E-state index is 0.152. The quantitative estimate of drug-likeness (QED) is 0.734. The number of aryl methyl sites for hydroxylation is 1. The minimum atomic E-state index is 0.152. The van der Waals surface area contributed by atoms with E-state index in [1.165, 1.54) is 55.6 Å². The highest BCUT2D eigenvalue weighted by atomic mass is 32.2. The third-order valence-electron chi connectivity index (χ3n) is 7.46. The number of hydrogen-bond acceptors (Lipinski definition) is 4. The first-order chi connectivity index (χ1) is 15.2. The number of carbonyl (C=O) groups excluding carboxylic acids is 1. The van der Waals surface area contributed by atoms with Gasteiger partial charge in [0.2, 0.25) is 0 Å². The maximum absolute atomic E-state index is 13.2. The van der Waals surface area contributed by atoms with Crippen molar-refractivity contribution in [1.82, 2.24) is 19.6 Å². The number of piperidine rings is 1. The molecule has 0 bridgehead atoms. The van der Waals surface area contributed by atoms with Gasteiger partial charge in [0.15, 0.2) is 5.69 Å². The Morgan fingerprint density at radius 3 is 2.55 bits per heavy atom. The molecule has 5 rings (SSSR count). The lowest BCUT2D eigenvalue weighted by Gasteiger charge is -2.39. The summed E-state index contributed by atoms with van der Waals surface area (Å²) < 4.78 is 1.98. The summed E-state index contributed by atoms with van der Waals surface area (Å²) in [4.78, 5) is 17.9. The molecule has 2 saturated heterocycles. The van der Waals surface area contributed by atoms with Crippen LogP contribution in [0.1, 0.15) is 46.6 Å². The smallest absolute Gasteiger partial charge is 0.274 e. The van der Waals surface area contributed by atoms with Gasteiger partial charge in [0.1, 0.15) is 0 Å². The van der Waals surface area contributed by atoms with Gasteiger partial charge in [0.25, 0.3) is 5.91 Å². The number of nitrogens with zero attached hydrogens (tertiary/aromatic N) is 4. The maximum atomic E-state index is 13.2. The van der Waals surface area contributed by atoms with E-state index < -0.39 is 0 Å². The van der Waals surface area contributed by atoms with Gasteiger partial charge in [0, 0.05) is 48.9 Å². The van der Waals surface area contributed by atoms with E-state index in [9.17, 15) is 4.79 Å². The maximum Gasteiger partial charge on any atom is 0.274 e. The molecule has 3 heterocycles. The Morgan fingerprint density at radius 2 is 1.81 bits per heavy atom. The van der Waals surface area contributed by atoms with Crippen molar-refractivity contribution in [3.8, 4) is 0 Å². The number of thioether (sulfide) groups is 1. The number of amides is 1. The number of hydrogen-bond donors (Lipinski definition) is 0. The van der Waals surface area contributed by atoms with E-state index in [1.54, 1.807) is 0 Å². The Morgan fingerprint density at radius 1 is 1.06 bits per heavy atom. The van der Waals surface area contributed by atoms with Crippen molar-refractivity contribution < 1.29 is 4.79 Å². The normalized spacial score (nSPS) is 23.0. The van der Waals surface area contributed by atoms with Crippen LogP contribution in [-0.4, -0.2) is 69.2 Å². The second-order valence-electron chi connectivity index (χ2n) is 9.37. The molecule has 1 atom stereocenters. The van der Waals surface area contributed by atoms with E-state index in [1.807, 2.05) is 28.4 Å². The average Bonchev–Trinajstić information content (AvgIpc) is 3.16. The molecule has 0 radical (unpaired) electrons. The summed E-state index contributed by atoms with van der Waals surface area (Å²) in [7, 11) is 2.01. The lowest BCUT2D eigenvalue weighted by molar-refractivity contribution is 0.0763. The monoisotopic (exact) mass is 438 g/mol. The molecule has 2 aromatic rings. The zero-order chi connectivity index (χ0) is 21.2. The lowest BCUT2D eigenvalue weighted by atomic mass is 9.86. The Kier molecular flexibility index (Phi) is 6.37. The molecule has 1 aromatic carbocycles. The molecule has 0 unspecified atom stereocenters. The molecule has 6 heteroatoms. The van der Waals surface area contributed by atoms with Crippen LogP contribution >= 0.6 is 11.8 Å². The number of aromatic nitrogens is 2. The van der Waals surface area contributed by atoms with Crippen molar-refractivity contribution in [2.75, 3.05) is 37.7 Å². The van der Waals surface area contributed by atoms with Crippen LogP contribution in [0.2, 0.25) is 0 Å². The zero-order valence-corrected chi connectivity index (χ0v) is 19.4. The van der Waals surface area contributed by atoms with E-state index in [2.05, 4.69) is 35.2 Å². The first-order valence-electron chi connectivity index (χ1n) is 11.9. The van der Waals surface area contributed by atoms with Crippen LogP contribution in [0.25, 0.3) is 0 Å². The molecule has 2 fully saturated rings. The van der Waals surface area contributed by atoms with E-state index in [4.69, 9.17) is 5.10 Å². The van der Waals surface area contributed by atoms with Crippen LogP contribution in [0.15, 0.2) is 30.3 Å². The summed E-state index contributed by atoms with van der Waals surface area (Å²) in [5.74, 6) is 3.03. The van der Waals surface area contributed by atoms with E-state index in [0.29, 0.717) is 6.04 Å². The van der Waals surface area contributed by atoms with Crippen molar-refractivity contribution in [3.63, 3.8) is 0 Å². The van der Waals surface area contributed by atoms with Gasteiger partial charge in [-0.25, -0.2) is 0 Å². The van der Waals surface area contributed by atoms with Gasteiger partial charge in [-0.3, -0.25) is 9.48 Å². The summed E-state index contributed by atoms with van der Waals surface area (Å²) in [5, 5.41) is 4.71. The first kappa shape index (κ1) is 21.1. The third kappa shape index (κ3) is 4.56. The van der Waals surface area contributed by atoms with Crippen molar-refractivity contribution in [2.45, 2.75) is 44.6 Å². The highest BCUT2D eigenvalue weighted by molar-refractivity contribution is 7.99. The predicted octanol–water partition coefficient (Wildman–Crippen LogP) is 3.42. The Balaban J connectivity index is 1.23. The fourth-order valence-electron chi connectivity index (χ4n) is 5.64. The second kappa shape index (κ2) is 9.37. The fraction of sp³-hybridized carbons (Fsp3) is 0.600. The van der Waals surface area contributed by atoms with E-state index in [-0.39, 0.29) is 5.91 Å². The summed E-state index contributed by atoms with van der Waals surface area (Å²) >= 11 is 1.94. The fourth-order valence-corrected chi connectivity index (χ4v) is 6.54. The molecule has 1 amide bonds. The van der Waals surface area contributed by atoms with Gasteiger partial charge in [-0.05, 0) is 63.1 Å². The SMILES string of the molecule is Cn1nc(C(=O)N2CCSCC2)c2c1CC[C@@H](N1CCC(Cc3ccccc3)CC1)C2. The number of rotatable bonds is 4. The summed E-state index contributed by atoms with van der Waals surface area (Å²) in [6, 6.07) is 11.5. The topological polar surface area (TPSA) is 41.4 Å². The first-order valence-corrected chi connectivity index (χ1v) is 13.0. The van der Waals surface area contributed by atoms with Gasteiger partial charge in [-0.2, -0.15) is 16.9 Å². The molecule has 1 aromatic heterocycles. The standard InChI is InChI=1S/C25H34N4OS/c1-27-23-8-7-21(18-22(23)24(26-27)25(30)29-13-15-31-16-14-29)28-11-9-20(10-12-28)17-19-5-3-2-4-6-19/h2-6,20-21H,7-18H2,1H3/t21-/m1/s1. The van der Waals surface area contributed by atoms with Gasteiger partial charge >= 0.3 is 0 Å². The minimum Gasteiger partial charge on any atom is -0.336 e. The summed E-state index contributed by atoms with van der Waals surface area (Å²) in [5.41, 5.74) is 4.71. The zero-order valence-electron chi connectivity index (χ0n) is 18.6. The van der Waals surface area contributed by atoms with Gasteiger partial charge in [-0.15, -0.1) is 0 Å². The van der Waals surface area contributed by atoms with Crippen molar-refractivity contribution in [3.05, 3.63) is 52.8 Å². The molecule has 1 aliphatic carbocycles. The molecule has 2 aliphatic heterocycles. The van der Waals surface area contributed by atoms with Crippen molar-refractivity contribution in [1.29, 1.82) is 0 Å².